The number of rotatable bonds is 1. The van der Waals surface area contributed by atoms with Gasteiger partial charge in [-0.05, 0) is 46.6 Å². The van der Waals surface area contributed by atoms with E-state index in [9.17, 15) is 0 Å². The molecule has 0 amide bonds. The third kappa shape index (κ3) is 1.81. The maximum atomic E-state index is 3.80. The summed E-state index contributed by atoms with van der Waals surface area (Å²) in [6, 6.07) is 6.89. The van der Waals surface area contributed by atoms with E-state index in [0.717, 1.165) is 19.6 Å². The highest BCUT2D eigenvalue weighted by atomic mass is 79.9. The molecule has 0 bridgehead atoms. The number of fused-ring (bicyclic) bond motifs is 3. The molecular formula is C15H19BrN2. The van der Waals surface area contributed by atoms with Crippen molar-refractivity contribution in [2.24, 2.45) is 0 Å². The Kier molecular flexibility index (Phi) is 2.99. The highest BCUT2D eigenvalue weighted by Gasteiger charge is 2.20. The van der Waals surface area contributed by atoms with Crippen molar-refractivity contribution in [3.63, 3.8) is 0 Å². The lowest BCUT2D eigenvalue weighted by molar-refractivity contribution is 0.272. The molecule has 0 N–H and O–H groups in total. The average Bonchev–Trinajstić information content (AvgIpc) is 2.62. The van der Waals surface area contributed by atoms with Crippen molar-refractivity contribution < 1.29 is 0 Å². The Bertz CT molecular complexity index is 598. The third-order valence-electron chi connectivity index (χ3n) is 3.92. The van der Waals surface area contributed by atoms with Crippen LogP contribution in [0.4, 0.5) is 0 Å². The van der Waals surface area contributed by atoms with Gasteiger partial charge in [0.05, 0.1) is 0 Å². The third-order valence-corrected chi connectivity index (χ3v) is 4.80. The Hall–Kier alpha value is -0.800. The van der Waals surface area contributed by atoms with Crippen molar-refractivity contribution in [1.29, 1.82) is 0 Å². The summed E-state index contributed by atoms with van der Waals surface area (Å²) in [5.74, 6) is 0.584. The lowest BCUT2D eigenvalue weighted by atomic mass is 10.0. The molecule has 96 valence electrons. The summed E-state index contributed by atoms with van der Waals surface area (Å²) in [4.78, 5) is 2.38. The quantitative estimate of drug-likeness (QED) is 0.774. The van der Waals surface area contributed by atoms with E-state index >= 15 is 0 Å². The SMILES string of the molecule is CC(C)c1ccc2c(c1)c(Br)c1n2CCN(C)C1. The van der Waals surface area contributed by atoms with E-state index in [1.165, 1.54) is 26.6 Å². The Labute approximate surface area is 117 Å². The Morgan fingerprint density at radius 2 is 2.00 bits per heavy atom. The van der Waals surface area contributed by atoms with Gasteiger partial charge in [-0.25, -0.2) is 0 Å². The molecule has 1 aliphatic rings. The van der Waals surface area contributed by atoms with Crippen molar-refractivity contribution in [1.82, 2.24) is 9.47 Å². The largest absolute Gasteiger partial charge is 0.341 e. The first kappa shape index (κ1) is 12.2. The van der Waals surface area contributed by atoms with Gasteiger partial charge < -0.3 is 4.57 Å². The lowest BCUT2D eigenvalue weighted by Crippen LogP contribution is -2.30. The van der Waals surface area contributed by atoms with Gasteiger partial charge in [-0.1, -0.05) is 19.9 Å². The molecule has 0 radical (unpaired) electrons. The van der Waals surface area contributed by atoms with Gasteiger partial charge in [0.1, 0.15) is 0 Å². The minimum atomic E-state index is 0.584. The smallest absolute Gasteiger partial charge is 0.0495 e. The van der Waals surface area contributed by atoms with E-state index in [1.807, 2.05) is 0 Å². The molecule has 2 heterocycles. The summed E-state index contributed by atoms with van der Waals surface area (Å²) >= 11 is 3.80. The Morgan fingerprint density at radius 3 is 2.72 bits per heavy atom. The van der Waals surface area contributed by atoms with Gasteiger partial charge in [-0.15, -0.1) is 0 Å². The molecule has 3 heteroatoms. The number of nitrogens with zero attached hydrogens (tertiary/aromatic N) is 2. The number of halogens is 1. The molecule has 3 rings (SSSR count). The Morgan fingerprint density at radius 1 is 1.22 bits per heavy atom. The maximum absolute atomic E-state index is 3.80. The molecule has 0 saturated carbocycles. The van der Waals surface area contributed by atoms with Gasteiger partial charge in [-0.2, -0.15) is 0 Å². The van der Waals surface area contributed by atoms with Crippen LogP contribution in [0.25, 0.3) is 10.9 Å². The zero-order valence-corrected chi connectivity index (χ0v) is 12.8. The summed E-state index contributed by atoms with van der Waals surface area (Å²) in [5.41, 5.74) is 4.20. The molecule has 2 aromatic rings. The Balaban J connectivity index is 2.23. The summed E-state index contributed by atoms with van der Waals surface area (Å²) in [6.07, 6.45) is 0. The molecule has 2 nitrogen and oxygen atoms in total. The monoisotopic (exact) mass is 306 g/mol. The van der Waals surface area contributed by atoms with Crippen LogP contribution in [0.15, 0.2) is 22.7 Å². The number of benzene rings is 1. The molecule has 0 saturated heterocycles. The summed E-state index contributed by atoms with van der Waals surface area (Å²) in [7, 11) is 2.19. The van der Waals surface area contributed by atoms with E-state index in [2.05, 4.69) is 64.5 Å². The van der Waals surface area contributed by atoms with Crippen molar-refractivity contribution in [2.45, 2.75) is 32.9 Å². The van der Waals surface area contributed by atoms with Crippen LogP contribution < -0.4 is 0 Å². The molecule has 18 heavy (non-hydrogen) atoms. The van der Waals surface area contributed by atoms with Crippen LogP contribution in [-0.4, -0.2) is 23.1 Å². The molecule has 1 aromatic heterocycles. The van der Waals surface area contributed by atoms with Crippen LogP contribution in [0, 0.1) is 0 Å². The summed E-state index contributed by atoms with van der Waals surface area (Å²) < 4.78 is 3.75. The van der Waals surface area contributed by atoms with Crippen LogP contribution in [0.5, 0.6) is 0 Å². The van der Waals surface area contributed by atoms with Crippen molar-refractivity contribution in [3.05, 3.63) is 33.9 Å². The molecule has 1 aromatic carbocycles. The van der Waals surface area contributed by atoms with Crippen LogP contribution in [0.1, 0.15) is 31.0 Å². The zero-order chi connectivity index (χ0) is 12.9. The molecule has 1 aliphatic heterocycles. The topological polar surface area (TPSA) is 8.17 Å². The average molecular weight is 307 g/mol. The molecule has 0 atom stereocenters. The number of aromatic nitrogens is 1. The van der Waals surface area contributed by atoms with E-state index in [1.54, 1.807) is 0 Å². The summed E-state index contributed by atoms with van der Waals surface area (Å²) in [5, 5.41) is 1.37. The predicted octanol–water partition coefficient (Wildman–Crippen LogP) is 3.97. The standard InChI is InChI=1S/C15H19BrN2/c1-10(2)11-4-5-13-12(8-11)15(16)14-9-17(3)6-7-18(13)14/h4-5,8,10H,6-7,9H2,1-3H3. The van der Waals surface area contributed by atoms with Crippen molar-refractivity contribution in [2.75, 3.05) is 13.6 Å². The lowest BCUT2D eigenvalue weighted by Gasteiger charge is -2.25. The maximum Gasteiger partial charge on any atom is 0.0495 e. The first-order valence-electron chi connectivity index (χ1n) is 6.57. The van der Waals surface area contributed by atoms with E-state index in [-0.39, 0.29) is 0 Å². The number of hydrogen-bond acceptors (Lipinski definition) is 1. The first-order chi connectivity index (χ1) is 8.58. The fourth-order valence-electron chi connectivity index (χ4n) is 2.76. The minimum Gasteiger partial charge on any atom is -0.341 e. The summed E-state index contributed by atoms with van der Waals surface area (Å²) in [6.45, 7) is 7.76. The number of likely N-dealkylation sites (N-methyl/N-ethyl adjacent to an activating group) is 1. The van der Waals surface area contributed by atoms with Crippen LogP contribution in [-0.2, 0) is 13.1 Å². The zero-order valence-electron chi connectivity index (χ0n) is 11.2. The van der Waals surface area contributed by atoms with Crippen LogP contribution in [0.3, 0.4) is 0 Å². The van der Waals surface area contributed by atoms with E-state index in [0.29, 0.717) is 5.92 Å². The van der Waals surface area contributed by atoms with Gasteiger partial charge >= 0.3 is 0 Å². The normalized spacial score (nSPS) is 16.5. The van der Waals surface area contributed by atoms with Gasteiger partial charge in [0.15, 0.2) is 0 Å². The second kappa shape index (κ2) is 4.39. The second-order valence-corrected chi connectivity index (χ2v) is 6.37. The van der Waals surface area contributed by atoms with Crippen molar-refractivity contribution >= 4 is 26.8 Å². The van der Waals surface area contributed by atoms with Crippen molar-refractivity contribution in [3.8, 4) is 0 Å². The van der Waals surface area contributed by atoms with E-state index in [4.69, 9.17) is 0 Å². The molecule has 0 aliphatic carbocycles. The second-order valence-electron chi connectivity index (χ2n) is 5.58. The van der Waals surface area contributed by atoms with Crippen LogP contribution in [0.2, 0.25) is 0 Å². The molecule has 0 fully saturated rings. The highest BCUT2D eigenvalue weighted by molar-refractivity contribution is 9.10. The first-order valence-corrected chi connectivity index (χ1v) is 7.36. The fraction of sp³-hybridized carbons (Fsp3) is 0.467. The molecular weight excluding hydrogens is 288 g/mol. The fourth-order valence-corrected chi connectivity index (χ4v) is 3.42. The highest BCUT2D eigenvalue weighted by Crippen LogP contribution is 2.35. The van der Waals surface area contributed by atoms with Gasteiger partial charge in [0.2, 0.25) is 0 Å². The van der Waals surface area contributed by atoms with E-state index < -0.39 is 0 Å². The van der Waals surface area contributed by atoms with Gasteiger partial charge in [0, 0.05) is 40.7 Å². The number of hydrogen-bond donors (Lipinski definition) is 0. The molecule has 0 unspecified atom stereocenters. The van der Waals surface area contributed by atoms with Gasteiger partial charge in [-0.3, -0.25) is 4.90 Å². The predicted molar refractivity (Wildman–Crippen MR) is 80.1 cm³/mol. The van der Waals surface area contributed by atoms with Gasteiger partial charge in [0.25, 0.3) is 0 Å². The minimum absolute atomic E-state index is 0.584. The van der Waals surface area contributed by atoms with Crippen LogP contribution >= 0.6 is 15.9 Å². The molecule has 0 spiro atoms.